The summed E-state index contributed by atoms with van der Waals surface area (Å²) < 4.78 is 15.0. The summed E-state index contributed by atoms with van der Waals surface area (Å²) in [5.41, 5.74) is 0.432. The van der Waals surface area contributed by atoms with Crippen LogP contribution in [0.5, 0.6) is 0 Å². The largest absolute Gasteiger partial charge is 0.370 e. The molecule has 2 aromatic heterocycles. The molecule has 2 heterocycles. The van der Waals surface area contributed by atoms with Gasteiger partial charge in [-0.05, 0) is 31.3 Å². The van der Waals surface area contributed by atoms with Crippen LogP contribution >= 0.6 is 11.5 Å². The molecule has 0 unspecified atom stereocenters. The summed E-state index contributed by atoms with van der Waals surface area (Å²) in [6, 6.07) is 0. The molecular formula is C12H16N4O2S. The van der Waals surface area contributed by atoms with Crippen LogP contribution in [0.4, 0.5) is 0 Å². The highest BCUT2D eigenvalue weighted by Gasteiger charge is 2.38. The van der Waals surface area contributed by atoms with Crippen molar-refractivity contribution in [3.05, 3.63) is 11.5 Å². The van der Waals surface area contributed by atoms with Crippen molar-refractivity contribution in [2.75, 3.05) is 7.11 Å². The van der Waals surface area contributed by atoms with Crippen molar-refractivity contribution in [3.8, 4) is 10.8 Å². The molecule has 1 fully saturated rings. The van der Waals surface area contributed by atoms with E-state index in [0.717, 1.165) is 36.3 Å². The number of hydrogen-bond acceptors (Lipinski definition) is 7. The average Bonchev–Trinajstić information content (AvgIpc) is 3.08. The summed E-state index contributed by atoms with van der Waals surface area (Å²) in [4.78, 5) is 5.34. The minimum Gasteiger partial charge on any atom is -0.370 e. The fourth-order valence-electron chi connectivity index (χ4n) is 2.57. The fraction of sp³-hybridized carbons (Fsp3) is 0.667. The van der Waals surface area contributed by atoms with E-state index in [1.54, 1.807) is 7.11 Å². The van der Waals surface area contributed by atoms with Gasteiger partial charge < -0.3 is 9.26 Å². The molecule has 102 valence electrons. The second kappa shape index (κ2) is 4.97. The summed E-state index contributed by atoms with van der Waals surface area (Å²) in [6.07, 6.45) is 5.41. The number of rotatable bonds is 3. The highest BCUT2D eigenvalue weighted by molar-refractivity contribution is 7.09. The van der Waals surface area contributed by atoms with Crippen molar-refractivity contribution in [3.63, 3.8) is 0 Å². The van der Waals surface area contributed by atoms with E-state index in [9.17, 15) is 0 Å². The van der Waals surface area contributed by atoms with Gasteiger partial charge in [0.25, 0.3) is 5.89 Å². The van der Waals surface area contributed by atoms with Gasteiger partial charge in [0.1, 0.15) is 10.5 Å². The zero-order valence-electron chi connectivity index (χ0n) is 11.0. The minimum absolute atomic E-state index is 0.383. The Morgan fingerprint density at radius 2 is 2.05 bits per heavy atom. The van der Waals surface area contributed by atoms with Gasteiger partial charge in [-0.3, -0.25) is 0 Å². The minimum atomic E-state index is -0.383. The molecule has 2 aromatic rings. The molecule has 0 amide bonds. The van der Waals surface area contributed by atoms with Crippen LogP contribution in [0.1, 0.15) is 43.6 Å². The summed E-state index contributed by atoms with van der Waals surface area (Å²) in [6.45, 7) is 1.88. The van der Waals surface area contributed by atoms with Gasteiger partial charge in [-0.15, -0.1) is 5.10 Å². The van der Waals surface area contributed by atoms with Crippen molar-refractivity contribution in [2.24, 2.45) is 0 Å². The number of aryl methyl sites for hydroxylation is 1. The van der Waals surface area contributed by atoms with Crippen LogP contribution in [0.3, 0.4) is 0 Å². The van der Waals surface area contributed by atoms with Crippen LogP contribution in [0.2, 0.25) is 0 Å². The third-order valence-electron chi connectivity index (χ3n) is 3.73. The van der Waals surface area contributed by atoms with Gasteiger partial charge in [-0.2, -0.15) is 4.98 Å². The van der Waals surface area contributed by atoms with Crippen LogP contribution in [-0.2, 0) is 10.3 Å². The Labute approximate surface area is 115 Å². The molecule has 7 heteroatoms. The van der Waals surface area contributed by atoms with Gasteiger partial charge in [0.2, 0.25) is 5.82 Å². The van der Waals surface area contributed by atoms with Gasteiger partial charge in [0, 0.05) is 7.11 Å². The molecule has 0 spiro atoms. The molecule has 1 saturated carbocycles. The zero-order chi connectivity index (χ0) is 13.3. The van der Waals surface area contributed by atoms with Crippen LogP contribution in [0.25, 0.3) is 10.8 Å². The maximum Gasteiger partial charge on any atom is 0.271 e. The van der Waals surface area contributed by atoms with Gasteiger partial charge in [0.05, 0.1) is 5.69 Å². The Balaban J connectivity index is 1.94. The number of nitrogens with zero attached hydrogens (tertiary/aromatic N) is 4. The van der Waals surface area contributed by atoms with E-state index < -0.39 is 0 Å². The van der Waals surface area contributed by atoms with Crippen molar-refractivity contribution in [1.29, 1.82) is 0 Å². The quantitative estimate of drug-likeness (QED) is 0.860. The molecule has 1 aliphatic rings. The first-order valence-electron chi connectivity index (χ1n) is 6.44. The normalized spacial score (nSPS) is 18.6. The van der Waals surface area contributed by atoms with Crippen LogP contribution in [0, 0.1) is 6.92 Å². The molecule has 0 aliphatic heterocycles. The van der Waals surface area contributed by atoms with E-state index in [-0.39, 0.29) is 5.60 Å². The molecule has 6 nitrogen and oxygen atoms in total. The third-order valence-corrected chi connectivity index (χ3v) is 4.55. The Morgan fingerprint density at radius 3 is 2.68 bits per heavy atom. The predicted octanol–water partition coefficient (Wildman–Crippen LogP) is 2.70. The van der Waals surface area contributed by atoms with Crippen molar-refractivity contribution < 1.29 is 9.26 Å². The molecule has 0 N–H and O–H groups in total. The van der Waals surface area contributed by atoms with Gasteiger partial charge in [0.15, 0.2) is 0 Å². The molecule has 19 heavy (non-hydrogen) atoms. The van der Waals surface area contributed by atoms with E-state index in [0.29, 0.717) is 11.7 Å². The average molecular weight is 280 g/mol. The molecular weight excluding hydrogens is 264 g/mol. The van der Waals surface area contributed by atoms with E-state index in [2.05, 4.69) is 19.7 Å². The zero-order valence-corrected chi connectivity index (χ0v) is 11.9. The van der Waals surface area contributed by atoms with Gasteiger partial charge >= 0.3 is 0 Å². The Morgan fingerprint density at radius 1 is 1.26 bits per heavy atom. The van der Waals surface area contributed by atoms with Crippen LogP contribution in [-0.4, -0.2) is 26.8 Å². The maximum absolute atomic E-state index is 5.71. The van der Waals surface area contributed by atoms with E-state index >= 15 is 0 Å². The first kappa shape index (κ1) is 12.7. The van der Waals surface area contributed by atoms with E-state index in [1.165, 1.54) is 18.0 Å². The lowest BCUT2D eigenvalue weighted by atomic mass is 9.84. The molecule has 0 saturated heterocycles. The second-order valence-corrected chi connectivity index (χ2v) is 5.62. The predicted molar refractivity (Wildman–Crippen MR) is 69.7 cm³/mol. The SMILES string of the molecule is COC1(c2noc(-c3snnc3C)n2)CCCCC1. The first-order valence-corrected chi connectivity index (χ1v) is 7.21. The molecule has 3 rings (SSSR count). The smallest absolute Gasteiger partial charge is 0.271 e. The monoisotopic (exact) mass is 280 g/mol. The number of ether oxygens (including phenoxy) is 1. The summed E-state index contributed by atoms with van der Waals surface area (Å²) >= 11 is 1.27. The Bertz CT molecular complexity index is 560. The Hall–Kier alpha value is -1.34. The highest BCUT2D eigenvalue weighted by atomic mass is 32.1. The van der Waals surface area contributed by atoms with Crippen LogP contribution in [0.15, 0.2) is 4.52 Å². The van der Waals surface area contributed by atoms with Crippen molar-refractivity contribution >= 4 is 11.5 Å². The standard InChI is InChI=1S/C12H16N4O2S/c1-8-9(19-16-14-8)10-13-11(15-18-10)12(17-2)6-4-3-5-7-12/h3-7H2,1-2H3. The fourth-order valence-corrected chi connectivity index (χ4v) is 3.15. The maximum atomic E-state index is 5.71. The summed E-state index contributed by atoms with van der Waals surface area (Å²) in [5, 5.41) is 8.08. The lowest BCUT2D eigenvalue weighted by Crippen LogP contribution is -2.32. The molecule has 0 aromatic carbocycles. The molecule has 1 aliphatic carbocycles. The van der Waals surface area contributed by atoms with E-state index in [4.69, 9.17) is 9.26 Å². The number of hydrogen-bond donors (Lipinski definition) is 0. The first-order chi connectivity index (χ1) is 9.25. The lowest BCUT2D eigenvalue weighted by Gasteiger charge is -2.32. The topological polar surface area (TPSA) is 73.9 Å². The highest BCUT2D eigenvalue weighted by Crippen LogP contribution is 2.39. The third kappa shape index (κ3) is 2.17. The number of methoxy groups -OCH3 is 1. The van der Waals surface area contributed by atoms with Crippen molar-refractivity contribution in [1.82, 2.24) is 19.7 Å². The number of aromatic nitrogens is 4. The molecule has 0 atom stereocenters. The Kier molecular flexibility index (Phi) is 3.32. The lowest BCUT2D eigenvalue weighted by molar-refractivity contribution is -0.0527. The van der Waals surface area contributed by atoms with E-state index in [1.807, 2.05) is 6.92 Å². The van der Waals surface area contributed by atoms with Gasteiger partial charge in [-0.1, -0.05) is 28.9 Å². The summed E-state index contributed by atoms with van der Waals surface area (Å²) in [7, 11) is 1.72. The van der Waals surface area contributed by atoms with Gasteiger partial charge in [-0.25, -0.2) is 0 Å². The second-order valence-electron chi connectivity index (χ2n) is 4.87. The molecule has 0 bridgehead atoms. The van der Waals surface area contributed by atoms with Crippen molar-refractivity contribution in [2.45, 2.75) is 44.6 Å². The van der Waals surface area contributed by atoms with Crippen LogP contribution < -0.4 is 0 Å². The molecule has 0 radical (unpaired) electrons. The summed E-state index contributed by atoms with van der Waals surface area (Å²) in [5.74, 6) is 1.14.